The van der Waals surface area contributed by atoms with Crippen LogP contribution in [-0.4, -0.2) is 44.4 Å². The van der Waals surface area contributed by atoms with Crippen LogP contribution in [0.1, 0.15) is 32.8 Å². The van der Waals surface area contributed by atoms with Crippen molar-refractivity contribution in [2.45, 2.75) is 32.7 Å². The molecule has 1 heterocycles. The third-order valence-electron chi connectivity index (χ3n) is 4.72. The van der Waals surface area contributed by atoms with Gasteiger partial charge in [0.15, 0.2) is 11.5 Å². The molecule has 8 heteroatoms. The summed E-state index contributed by atoms with van der Waals surface area (Å²) in [5.41, 5.74) is -0.305. The van der Waals surface area contributed by atoms with E-state index in [9.17, 15) is 13.2 Å². The summed E-state index contributed by atoms with van der Waals surface area (Å²) in [6.45, 7) is 5.87. The van der Waals surface area contributed by atoms with Crippen LogP contribution < -0.4 is 14.8 Å². The Kier molecular flexibility index (Phi) is 6.59. The number of carbonyl (C=O) groups excluding carboxylic acids is 1. The lowest BCUT2D eigenvalue weighted by Gasteiger charge is -2.30. The van der Waals surface area contributed by atoms with Crippen molar-refractivity contribution in [1.29, 1.82) is 0 Å². The van der Waals surface area contributed by atoms with Crippen molar-refractivity contribution >= 4 is 20.8 Å². The molecule has 0 spiro atoms. The number of nitrogens with zero attached hydrogens (tertiary/aromatic N) is 1. The van der Waals surface area contributed by atoms with E-state index in [2.05, 4.69) is 5.32 Å². The number of nitrogens with one attached hydrogen (secondary N) is 1. The van der Waals surface area contributed by atoms with Crippen molar-refractivity contribution in [3.05, 3.63) is 65.9 Å². The number of amides is 1. The lowest BCUT2D eigenvalue weighted by atomic mass is 10.1. The van der Waals surface area contributed by atoms with Crippen LogP contribution >= 0.6 is 0 Å². The first-order valence-electron chi connectivity index (χ1n) is 10.1. The standard InChI is InChI=1S/C23H28N2O5S/c1-23(2,3)25-22(26)20(21(31(25,27)28)17-11-6-5-7-12-17)24-15-10-16-30-19-14-9-8-13-18(19)29-4/h5-9,11-14,24H,10,15-16H2,1-4H3. The highest BCUT2D eigenvalue weighted by Crippen LogP contribution is 2.38. The van der Waals surface area contributed by atoms with E-state index >= 15 is 0 Å². The van der Waals surface area contributed by atoms with Crippen LogP contribution in [-0.2, 0) is 14.8 Å². The molecule has 0 aliphatic carbocycles. The third kappa shape index (κ3) is 4.69. The van der Waals surface area contributed by atoms with Crippen molar-refractivity contribution in [1.82, 2.24) is 9.62 Å². The Balaban J connectivity index is 1.77. The van der Waals surface area contributed by atoms with Crippen molar-refractivity contribution in [2.75, 3.05) is 20.3 Å². The number of carbonyl (C=O) groups is 1. The highest BCUT2D eigenvalue weighted by Gasteiger charge is 2.49. The number of ether oxygens (including phenoxy) is 2. The first kappa shape index (κ1) is 22.7. The van der Waals surface area contributed by atoms with Gasteiger partial charge in [0.25, 0.3) is 15.9 Å². The van der Waals surface area contributed by atoms with Gasteiger partial charge in [0.1, 0.15) is 10.6 Å². The molecule has 1 aliphatic heterocycles. The molecule has 166 valence electrons. The Bertz CT molecular complexity index is 1070. The Hall–Kier alpha value is -3.00. The number of rotatable bonds is 8. The van der Waals surface area contributed by atoms with Crippen LogP contribution in [0, 0.1) is 0 Å². The first-order chi connectivity index (χ1) is 14.7. The molecule has 1 N–H and O–H groups in total. The molecule has 2 aromatic carbocycles. The largest absolute Gasteiger partial charge is 0.493 e. The molecule has 2 aromatic rings. The van der Waals surface area contributed by atoms with Crippen molar-refractivity contribution < 1.29 is 22.7 Å². The minimum Gasteiger partial charge on any atom is -0.493 e. The smallest absolute Gasteiger partial charge is 0.285 e. The Morgan fingerprint density at radius 3 is 2.19 bits per heavy atom. The average Bonchev–Trinajstić information content (AvgIpc) is 2.93. The average molecular weight is 445 g/mol. The van der Waals surface area contributed by atoms with Crippen LogP contribution in [0.4, 0.5) is 0 Å². The Labute approximate surface area is 183 Å². The minimum absolute atomic E-state index is 0.0127. The van der Waals surface area contributed by atoms with Crippen LogP contribution in [0.25, 0.3) is 4.91 Å². The van der Waals surface area contributed by atoms with E-state index in [1.807, 2.05) is 24.3 Å². The molecule has 0 unspecified atom stereocenters. The lowest BCUT2D eigenvalue weighted by Crippen LogP contribution is -2.46. The summed E-state index contributed by atoms with van der Waals surface area (Å²) in [5.74, 6) is 0.729. The molecular weight excluding hydrogens is 416 g/mol. The molecule has 1 amide bonds. The molecule has 0 fully saturated rings. The van der Waals surface area contributed by atoms with Crippen molar-refractivity contribution in [3.63, 3.8) is 0 Å². The maximum Gasteiger partial charge on any atom is 0.285 e. The Morgan fingerprint density at radius 1 is 0.968 bits per heavy atom. The summed E-state index contributed by atoms with van der Waals surface area (Å²) in [5, 5.41) is 3.05. The van der Waals surface area contributed by atoms with E-state index < -0.39 is 21.5 Å². The van der Waals surface area contributed by atoms with Gasteiger partial charge in [-0.1, -0.05) is 42.5 Å². The molecule has 1 aliphatic rings. The SMILES string of the molecule is COc1ccccc1OCCCNC1=C(c2ccccc2)S(=O)(=O)N(C(C)(C)C)C1=O. The molecule has 0 bridgehead atoms. The summed E-state index contributed by atoms with van der Waals surface area (Å²) in [6.07, 6.45) is 0.562. The fourth-order valence-corrected chi connectivity index (χ4v) is 5.50. The second-order valence-electron chi connectivity index (χ2n) is 8.10. The molecule has 0 radical (unpaired) electrons. The van der Waals surface area contributed by atoms with Gasteiger partial charge in [-0.2, -0.15) is 0 Å². The second-order valence-corrected chi connectivity index (χ2v) is 9.82. The van der Waals surface area contributed by atoms with E-state index in [1.165, 1.54) is 0 Å². The summed E-state index contributed by atoms with van der Waals surface area (Å²) in [6, 6.07) is 16.0. The highest BCUT2D eigenvalue weighted by molar-refractivity contribution is 7.99. The van der Waals surface area contributed by atoms with Gasteiger partial charge in [-0.15, -0.1) is 0 Å². The summed E-state index contributed by atoms with van der Waals surface area (Å²) >= 11 is 0. The van der Waals surface area contributed by atoms with Gasteiger partial charge in [-0.05, 0) is 44.9 Å². The maximum atomic E-state index is 13.3. The summed E-state index contributed by atoms with van der Waals surface area (Å²) < 4.78 is 38.5. The zero-order valence-electron chi connectivity index (χ0n) is 18.2. The first-order valence-corrected chi connectivity index (χ1v) is 11.5. The number of methoxy groups -OCH3 is 1. The van der Waals surface area contributed by atoms with E-state index in [1.54, 1.807) is 58.2 Å². The van der Waals surface area contributed by atoms with Crippen LogP contribution in [0.2, 0.25) is 0 Å². The van der Waals surface area contributed by atoms with Crippen LogP contribution in [0.3, 0.4) is 0 Å². The molecule has 3 rings (SSSR count). The predicted octanol–water partition coefficient (Wildman–Crippen LogP) is 3.39. The van der Waals surface area contributed by atoms with Crippen molar-refractivity contribution in [3.8, 4) is 11.5 Å². The van der Waals surface area contributed by atoms with Gasteiger partial charge in [0.2, 0.25) is 0 Å². The van der Waals surface area contributed by atoms with Gasteiger partial charge in [0.05, 0.1) is 19.3 Å². The molecule has 0 atom stereocenters. The summed E-state index contributed by atoms with van der Waals surface area (Å²) in [7, 11) is -2.40. The number of para-hydroxylation sites is 2. The number of benzene rings is 2. The fourth-order valence-electron chi connectivity index (χ4n) is 3.44. The molecule has 7 nitrogen and oxygen atoms in total. The zero-order valence-corrected chi connectivity index (χ0v) is 19.0. The number of hydrogen-bond acceptors (Lipinski definition) is 6. The van der Waals surface area contributed by atoms with Gasteiger partial charge in [0, 0.05) is 6.54 Å². The van der Waals surface area contributed by atoms with Gasteiger partial charge < -0.3 is 14.8 Å². The summed E-state index contributed by atoms with van der Waals surface area (Å²) in [4.78, 5) is 13.1. The zero-order chi connectivity index (χ0) is 22.6. The molecular formula is C23H28N2O5S. The molecule has 31 heavy (non-hydrogen) atoms. The van der Waals surface area contributed by atoms with Crippen LogP contribution in [0.5, 0.6) is 11.5 Å². The van der Waals surface area contributed by atoms with E-state index in [4.69, 9.17) is 9.47 Å². The maximum absolute atomic E-state index is 13.3. The number of sulfonamides is 1. The van der Waals surface area contributed by atoms with E-state index in [0.29, 0.717) is 36.6 Å². The van der Waals surface area contributed by atoms with Gasteiger partial charge in [-0.25, -0.2) is 12.7 Å². The fraction of sp³-hybridized carbons (Fsp3) is 0.348. The van der Waals surface area contributed by atoms with Gasteiger partial charge in [-0.3, -0.25) is 4.79 Å². The monoisotopic (exact) mass is 444 g/mol. The highest BCUT2D eigenvalue weighted by atomic mass is 32.2. The van der Waals surface area contributed by atoms with Crippen LogP contribution in [0.15, 0.2) is 60.3 Å². The van der Waals surface area contributed by atoms with E-state index in [0.717, 1.165) is 4.31 Å². The second kappa shape index (κ2) is 9.01. The van der Waals surface area contributed by atoms with E-state index in [-0.39, 0.29) is 10.6 Å². The number of hydrogen-bond donors (Lipinski definition) is 1. The molecule has 0 saturated carbocycles. The topological polar surface area (TPSA) is 84.9 Å². The molecule has 0 aromatic heterocycles. The normalized spacial score (nSPS) is 15.9. The Morgan fingerprint density at radius 2 is 1.58 bits per heavy atom. The predicted molar refractivity (Wildman–Crippen MR) is 120 cm³/mol. The third-order valence-corrected chi connectivity index (χ3v) is 6.87. The van der Waals surface area contributed by atoms with Gasteiger partial charge >= 0.3 is 0 Å². The quantitative estimate of drug-likeness (QED) is 0.629. The minimum atomic E-state index is -3.98. The van der Waals surface area contributed by atoms with Crippen molar-refractivity contribution in [2.24, 2.45) is 0 Å². The molecule has 0 saturated heterocycles. The lowest BCUT2D eigenvalue weighted by molar-refractivity contribution is -0.125.